The summed E-state index contributed by atoms with van der Waals surface area (Å²) in [4.78, 5) is 10.2. The van der Waals surface area contributed by atoms with E-state index in [0.717, 1.165) is 4.67 Å². The molecule has 0 atom stereocenters. The summed E-state index contributed by atoms with van der Waals surface area (Å²) < 4.78 is 0.727. The molecule has 1 fully saturated rings. The van der Waals surface area contributed by atoms with Crippen LogP contribution in [-0.2, 0) is 4.79 Å². The van der Waals surface area contributed by atoms with Crippen LogP contribution in [-0.4, -0.2) is 32.7 Å². The monoisotopic (exact) mass is 164 g/mol. The number of rotatable bonds is 0. The van der Waals surface area contributed by atoms with Gasteiger partial charge in [0.2, 0.25) is 0 Å². The SMILES string of the molecule is O=C1CNC(=[Se])N1. The van der Waals surface area contributed by atoms with Crippen molar-refractivity contribution in [2.75, 3.05) is 6.54 Å². The molecule has 4 heteroatoms. The molecular formula is C3H4N2OSe. The zero-order valence-electron chi connectivity index (χ0n) is 3.52. The molecule has 0 aromatic rings. The zero-order valence-corrected chi connectivity index (χ0v) is 5.24. The van der Waals surface area contributed by atoms with Crippen molar-refractivity contribution >= 4 is 26.1 Å². The molecular weight excluding hydrogens is 159 g/mol. The molecule has 0 spiro atoms. The van der Waals surface area contributed by atoms with Gasteiger partial charge in [-0.2, -0.15) is 0 Å². The Kier molecular flexibility index (Phi) is 1.13. The fourth-order valence-electron chi connectivity index (χ4n) is 0.376. The molecule has 3 nitrogen and oxygen atoms in total. The predicted molar refractivity (Wildman–Crippen MR) is 26.9 cm³/mol. The molecule has 0 aromatic carbocycles. The molecule has 0 saturated carbocycles. The average molecular weight is 163 g/mol. The van der Waals surface area contributed by atoms with E-state index in [1.807, 2.05) is 0 Å². The summed E-state index contributed by atoms with van der Waals surface area (Å²) in [5, 5.41) is 5.30. The Hall–Kier alpha value is -0.341. The van der Waals surface area contributed by atoms with Crippen LogP contribution < -0.4 is 10.6 Å². The number of amides is 1. The second kappa shape index (κ2) is 1.64. The van der Waals surface area contributed by atoms with E-state index in [2.05, 4.69) is 26.2 Å². The van der Waals surface area contributed by atoms with Gasteiger partial charge in [0.05, 0.1) is 0 Å². The summed E-state index contributed by atoms with van der Waals surface area (Å²) in [5.41, 5.74) is 0. The average Bonchev–Trinajstić information content (AvgIpc) is 1.87. The van der Waals surface area contributed by atoms with Gasteiger partial charge in [-0.3, -0.25) is 0 Å². The fourth-order valence-corrected chi connectivity index (χ4v) is 0.766. The second-order valence-electron chi connectivity index (χ2n) is 1.23. The van der Waals surface area contributed by atoms with Crippen molar-refractivity contribution in [1.29, 1.82) is 0 Å². The maximum absolute atomic E-state index is 10.2. The number of carbonyl (C=O) groups excluding carboxylic acids is 1. The Morgan fingerprint density at radius 1 is 1.71 bits per heavy atom. The molecule has 0 aliphatic carbocycles. The molecule has 7 heavy (non-hydrogen) atoms. The van der Waals surface area contributed by atoms with Crippen LogP contribution in [0.3, 0.4) is 0 Å². The Morgan fingerprint density at radius 2 is 2.43 bits per heavy atom. The van der Waals surface area contributed by atoms with Crippen LogP contribution >= 0.6 is 0 Å². The van der Waals surface area contributed by atoms with Crippen LogP contribution in [0.4, 0.5) is 0 Å². The van der Waals surface area contributed by atoms with Crippen molar-refractivity contribution in [1.82, 2.24) is 10.6 Å². The number of hydrogen-bond acceptors (Lipinski definition) is 2. The minimum atomic E-state index is 0.0220. The molecule has 0 unspecified atom stereocenters. The van der Waals surface area contributed by atoms with Crippen LogP contribution in [0.15, 0.2) is 0 Å². The summed E-state index contributed by atoms with van der Waals surface area (Å²) in [6, 6.07) is 0. The molecule has 0 bridgehead atoms. The third-order valence-corrected chi connectivity index (χ3v) is 1.18. The van der Waals surface area contributed by atoms with Crippen LogP contribution in [0, 0.1) is 0 Å². The Balaban J connectivity index is 2.55. The molecule has 2 N–H and O–H groups in total. The number of nitrogens with one attached hydrogen (secondary N) is 2. The molecule has 1 amide bonds. The topological polar surface area (TPSA) is 41.1 Å². The maximum atomic E-state index is 10.2. The van der Waals surface area contributed by atoms with Gasteiger partial charge in [-0.25, -0.2) is 0 Å². The first-order chi connectivity index (χ1) is 3.29. The summed E-state index contributed by atoms with van der Waals surface area (Å²) in [6.45, 7) is 0.405. The van der Waals surface area contributed by atoms with Crippen molar-refractivity contribution in [3.05, 3.63) is 0 Å². The van der Waals surface area contributed by atoms with Crippen LogP contribution in [0.5, 0.6) is 0 Å². The van der Waals surface area contributed by atoms with Crippen LogP contribution in [0.2, 0.25) is 0 Å². The van der Waals surface area contributed by atoms with E-state index in [1.54, 1.807) is 0 Å². The number of carbonyl (C=O) groups is 1. The fraction of sp³-hybridized carbons (Fsp3) is 0.333. The molecule has 1 saturated heterocycles. The van der Waals surface area contributed by atoms with Gasteiger partial charge in [-0.15, -0.1) is 0 Å². The summed E-state index contributed by atoms with van der Waals surface area (Å²) >= 11 is 2.64. The first-order valence-corrected chi connectivity index (χ1v) is 2.72. The van der Waals surface area contributed by atoms with Gasteiger partial charge in [-0.1, -0.05) is 0 Å². The minimum absolute atomic E-state index is 0.0220. The molecule has 0 radical (unpaired) electrons. The molecule has 1 heterocycles. The summed E-state index contributed by atoms with van der Waals surface area (Å²) in [5.74, 6) is 0.0220. The van der Waals surface area contributed by atoms with Crippen LogP contribution in [0.25, 0.3) is 0 Å². The van der Waals surface area contributed by atoms with E-state index in [1.165, 1.54) is 0 Å². The second-order valence-corrected chi connectivity index (χ2v) is 2.09. The number of hydrogen-bond donors (Lipinski definition) is 2. The predicted octanol–water partition coefficient (Wildman–Crippen LogP) is -2.04. The van der Waals surface area contributed by atoms with Crippen molar-refractivity contribution in [2.24, 2.45) is 0 Å². The molecule has 1 rings (SSSR count). The van der Waals surface area contributed by atoms with E-state index >= 15 is 0 Å². The van der Waals surface area contributed by atoms with Gasteiger partial charge in [0.1, 0.15) is 0 Å². The molecule has 1 aliphatic rings. The quantitative estimate of drug-likeness (QED) is 0.404. The van der Waals surface area contributed by atoms with E-state index < -0.39 is 0 Å². The Bertz CT molecular complexity index is 108. The van der Waals surface area contributed by atoms with Gasteiger partial charge < -0.3 is 0 Å². The van der Waals surface area contributed by atoms with E-state index in [-0.39, 0.29) is 5.91 Å². The summed E-state index contributed by atoms with van der Waals surface area (Å²) in [6.07, 6.45) is 0. The molecule has 38 valence electrons. The first-order valence-electron chi connectivity index (χ1n) is 1.87. The van der Waals surface area contributed by atoms with Gasteiger partial charge in [0.15, 0.2) is 0 Å². The van der Waals surface area contributed by atoms with Crippen LogP contribution in [0.1, 0.15) is 0 Å². The molecule has 1 aliphatic heterocycles. The Labute approximate surface area is 48.8 Å². The van der Waals surface area contributed by atoms with E-state index in [0.29, 0.717) is 6.54 Å². The Morgan fingerprint density at radius 3 is 2.57 bits per heavy atom. The zero-order chi connectivity index (χ0) is 5.28. The van der Waals surface area contributed by atoms with Gasteiger partial charge >= 0.3 is 48.1 Å². The van der Waals surface area contributed by atoms with E-state index in [4.69, 9.17) is 0 Å². The van der Waals surface area contributed by atoms with E-state index in [9.17, 15) is 4.79 Å². The van der Waals surface area contributed by atoms with Crippen molar-refractivity contribution in [3.8, 4) is 0 Å². The summed E-state index contributed by atoms with van der Waals surface area (Å²) in [7, 11) is 0. The molecule has 0 aromatic heterocycles. The van der Waals surface area contributed by atoms with Crippen molar-refractivity contribution in [2.45, 2.75) is 0 Å². The normalized spacial score (nSPS) is 18.9. The first kappa shape index (κ1) is 4.81. The van der Waals surface area contributed by atoms with Crippen molar-refractivity contribution in [3.63, 3.8) is 0 Å². The third kappa shape index (κ3) is 1.01. The van der Waals surface area contributed by atoms with Gasteiger partial charge in [0.25, 0.3) is 0 Å². The third-order valence-electron chi connectivity index (χ3n) is 0.662. The standard InChI is InChI=1S/C3H4N2OSe/c6-2-1-4-3(7)5-2/h1H2,(H2,4,5,6,7). The van der Waals surface area contributed by atoms with Crippen molar-refractivity contribution < 1.29 is 4.79 Å². The van der Waals surface area contributed by atoms with Gasteiger partial charge in [-0.05, 0) is 0 Å². The van der Waals surface area contributed by atoms with Gasteiger partial charge in [0, 0.05) is 0 Å².